The maximum Gasteiger partial charge on any atom is 0.161 e. The second-order valence-electron chi connectivity index (χ2n) is 5.81. The average Bonchev–Trinajstić information content (AvgIpc) is 2.48. The normalized spacial score (nSPS) is 15.9. The lowest BCUT2D eigenvalue weighted by Gasteiger charge is -2.41. The fourth-order valence-corrected chi connectivity index (χ4v) is 2.84. The lowest BCUT2D eigenvalue weighted by atomic mass is 9.66. The van der Waals surface area contributed by atoms with E-state index in [9.17, 15) is 9.18 Å². The molecule has 2 heterocycles. The van der Waals surface area contributed by atoms with Crippen molar-refractivity contribution in [3.63, 3.8) is 0 Å². The summed E-state index contributed by atoms with van der Waals surface area (Å²) in [5.74, 6) is 0.432. The van der Waals surface area contributed by atoms with Gasteiger partial charge in [0.15, 0.2) is 5.78 Å². The average molecular weight is 299 g/mol. The quantitative estimate of drug-likeness (QED) is 0.860. The third kappa shape index (κ3) is 2.71. The third-order valence-electron chi connectivity index (χ3n) is 4.35. The largest absolute Gasteiger partial charge is 0.369 e. The van der Waals surface area contributed by atoms with Crippen LogP contribution in [-0.2, 0) is 5.41 Å². The number of halogens is 1. The molecule has 1 fully saturated rings. The zero-order valence-electron chi connectivity index (χ0n) is 12.5. The summed E-state index contributed by atoms with van der Waals surface area (Å²) in [6, 6.07) is 6.59. The van der Waals surface area contributed by atoms with Crippen molar-refractivity contribution in [3.8, 4) is 0 Å². The van der Waals surface area contributed by atoms with E-state index in [2.05, 4.69) is 15.3 Å². The summed E-state index contributed by atoms with van der Waals surface area (Å²) >= 11 is 0. The van der Waals surface area contributed by atoms with Crippen molar-refractivity contribution in [2.75, 3.05) is 11.9 Å². The highest BCUT2D eigenvalue weighted by atomic mass is 19.1. The standard InChI is InChI=1S/C17H18FN3O/c1-12(22)13-5-6-15(20-10-13)21-11-17(7-3-8-17)16-14(18)4-2-9-19-16/h2,4-6,9-10H,3,7-8,11H2,1H3,(H,20,21). The van der Waals surface area contributed by atoms with Crippen LogP contribution in [-0.4, -0.2) is 22.3 Å². The molecule has 22 heavy (non-hydrogen) atoms. The van der Waals surface area contributed by atoms with Crippen LogP contribution >= 0.6 is 0 Å². The zero-order valence-corrected chi connectivity index (χ0v) is 12.5. The van der Waals surface area contributed by atoms with Crippen LogP contribution < -0.4 is 5.32 Å². The first-order valence-corrected chi connectivity index (χ1v) is 7.43. The summed E-state index contributed by atoms with van der Waals surface area (Å²) in [4.78, 5) is 19.7. The minimum atomic E-state index is -0.258. The number of hydrogen-bond donors (Lipinski definition) is 1. The highest BCUT2D eigenvalue weighted by Crippen LogP contribution is 2.43. The monoisotopic (exact) mass is 299 g/mol. The van der Waals surface area contributed by atoms with Crippen molar-refractivity contribution in [1.82, 2.24) is 9.97 Å². The first-order chi connectivity index (χ1) is 10.6. The number of anilines is 1. The second-order valence-corrected chi connectivity index (χ2v) is 5.81. The number of aromatic nitrogens is 2. The van der Waals surface area contributed by atoms with Gasteiger partial charge in [-0.25, -0.2) is 9.37 Å². The molecular weight excluding hydrogens is 281 g/mol. The summed E-state index contributed by atoms with van der Waals surface area (Å²) in [5, 5.41) is 3.25. The van der Waals surface area contributed by atoms with Gasteiger partial charge >= 0.3 is 0 Å². The Hall–Kier alpha value is -2.30. The van der Waals surface area contributed by atoms with Gasteiger partial charge in [0, 0.05) is 29.9 Å². The van der Waals surface area contributed by atoms with E-state index in [1.807, 2.05) is 0 Å². The Morgan fingerprint density at radius 3 is 2.68 bits per heavy atom. The molecule has 1 aliphatic rings. The predicted molar refractivity (Wildman–Crippen MR) is 82.5 cm³/mol. The molecule has 1 N–H and O–H groups in total. The van der Waals surface area contributed by atoms with Crippen LogP contribution in [0.5, 0.6) is 0 Å². The number of ketones is 1. The van der Waals surface area contributed by atoms with E-state index < -0.39 is 0 Å². The molecule has 0 radical (unpaired) electrons. The maximum atomic E-state index is 14.0. The van der Waals surface area contributed by atoms with Crippen LogP contribution in [0.15, 0.2) is 36.7 Å². The number of nitrogens with one attached hydrogen (secondary N) is 1. The Morgan fingerprint density at radius 1 is 1.32 bits per heavy atom. The molecule has 0 spiro atoms. The van der Waals surface area contributed by atoms with E-state index in [4.69, 9.17) is 0 Å². The van der Waals surface area contributed by atoms with Crippen LogP contribution in [0.4, 0.5) is 10.2 Å². The Kier molecular flexibility index (Phi) is 3.88. The number of carbonyl (C=O) groups is 1. The fraction of sp³-hybridized carbons (Fsp3) is 0.353. The van der Waals surface area contributed by atoms with Gasteiger partial charge in [0.05, 0.1) is 5.69 Å². The molecule has 0 aliphatic heterocycles. The molecule has 0 saturated heterocycles. The van der Waals surface area contributed by atoms with Crippen molar-refractivity contribution in [2.24, 2.45) is 0 Å². The number of nitrogens with zero attached hydrogens (tertiary/aromatic N) is 2. The molecule has 2 aromatic rings. The molecule has 0 aromatic carbocycles. The van der Waals surface area contributed by atoms with E-state index in [0.29, 0.717) is 23.6 Å². The molecule has 0 atom stereocenters. The van der Waals surface area contributed by atoms with E-state index in [-0.39, 0.29) is 17.0 Å². The molecule has 0 amide bonds. The first kappa shape index (κ1) is 14.6. The van der Waals surface area contributed by atoms with Gasteiger partial charge < -0.3 is 5.32 Å². The van der Waals surface area contributed by atoms with Gasteiger partial charge in [-0.05, 0) is 44.0 Å². The van der Waals surface area contributed by atoms with Gasteiger partial charge in [-0.2, -0.15) is 0 Å². The number of carbonyl (C=O) groups excluding carboxylic acids is 1. The predicted octanol–water partition coefficient (Wildman–Crippen LogP) is 3.35. The Morgan fingerprint density at radius 2 is 2.14 bits per heavy atom. The molecule has 0 bridgehead atoms. The van der Waals surface area contributed by atoms with E-state index >= 15 is 0 Å². The van der Waals surface area contributed by atoms with E-state index in [0.717, 1.165) is 19.3 Å². The zero-order chi connectivity index (χ0) is 15.6. The maximum absolute atomic E-state index is 14.0. The number of hydrogen-bond acceptors (Lipinski definition) is 4. The molecule has 114 valence electrons. The topological polar surface area (TPSA) is 54.9 Å². The molecule has 0 unspecified atom stereocenters. The minimum absolute atomic E-state index is 0.00919. The van der Waals surface area contributed by atoms with Gasteiger partial charge in [-0.15, -0.1) is 0 Å². The van der Waals surface area contributed by atoms with Crippen LogP contribution in [0.25, 0.3) is 0 Å². The van der Waals surface area contributed by atoms with Crippen molar-refractivity contribution >= 4 is 11.6 Å². The van der Waals surface area contributed by atoms with Crippen molar-refractivity contribution in [3.05, 3.63) is 53.7 Å². The summed E-state index contributed by atoms with van der Waals surface area (Å²) in [7, 11) is 0. The fourth-order valence-electron chi connectivity index (χ4n) is 2.84. The van der Waals surface area contributed by atoms with Crippen molar-refractivity contribution < 1.29 is 9.18 Å². The highest BCUT2D eigenvalue weighted by molar-refractivity contribution is 5.93. The number of pyridine rings is 2. The lowest BCUT2D eigenvalue weighted by Crippen LogP contribution is -2.42. The Balaban J connectivity index is 1.74. The first-order valence-electron chi connectivity index (χ1n) is 7.43. The molecule has 1 aliphatic carbocycles. The van der Waals surface area contributed by atoms with Gasteiger partial charge in [0.2, 0.25) is 0 Å². The summed E-state index contributed by atoms with van der Waals surface area (Å²) in [6.07, 6.45) is 6.10. The number of rotatable bonds is 5. The minimum Gasteiger partial charge on any atom is -0.369 e. The van der Waals surface area contributed by atoms with Crippen LogP contribution in [0.3, 0.4) is 0 Å². The van der Waals surface area contributed by atoms with Crippen LogP contribution in [0.2, 0.25) is 0 Å². The second kappa shape index (κ2) is 5.83. The molecule has 3 rings (SSSR count). The molecule has 5 heteroatoms. The van der Waals surface area contributed by atoms with E-state index in [1.54, 1.807) is 30.6 Å². The van der Waals surface area contributed by atoms with Crippen LogP contribution in [0.1, 0.15) is 42.2 Å². The highest BCUT2D eigenvalue weighted by Gasteiger charge is 2.41. The number of Topliss-reactive ketones (excluding diaryl/α,β-unsaturated/α-hetero) is 1. The lowest BCUT2D eigenvalue weighted by molar-refractivity contribution is 0.101. The Labute approximate surface area is 128 Å². The van der Waals surface area contributed by atoms with Gasteiger partial charge in [-0.1, -0.05) is 6.42 Å². The Bertz CT molecular complexity index is 681. The summed E-state index contributed by atoms with van der Waals surface area (Å²) in [6.45, 7) is 2.10. The van der Waals surface area contributed by atoms with Crippen molar-refractivity contribution in [2.45, 2.75) is 31.6 Å². The SMILES string of the molecule is CC(=O)c1ccc(NCC2(c3ncccc3F)CCC2)nc1. The van der Waals surface area contributed by atoms with Gasteiger partial charge in [0.1, 0.15) is 11.6 Å². The molecule has 4 nitrogen and oxygen atoms in total. The third-order valence-corrected chi connectivity index (χ3v) is 4.35. The molecule has 2 aromatic heterocycles. The molecular formula is C17H18FN3O. The smallest absolute Gasteiger partial charge is 0.161 e. The molecule has 1 saturated carbocycles. The summed E-state index contributed by atoms with van der Waals surface area (Å²) in [5.41, 5.74) is 0.862. The summed E-state index contributed by atoms with van der Waals surface area (Å²) < 4.78 is 14.0. The van der Waals surface area contributed by atoms with Crippen molar-refractivity contribution in [1.29, 1.82) is 0 Å². The van der Waals surface area contributed by atoms with E-state index in [1.165, 1.54) is 13.0 Å². The van der Waals surface area contributed by atoms with Gasteiger partial charge in [0.25, 0.3) is 0 Å². The van der Waals surface area contributed by atoms with Crippen LogP contribution in [0, 0.1) is 5.82 Å². The van der Waals surface area contributed by atoms with Gasteiger partial charge in [-0.3, -0.25) is 9.78 Å².